The standard InChI is InChI=1S/C13H15N3O2/c1-14-13(17)16(2)10-5-7-11(8-6-10)18-12-4-3-9-15-12/h3-9,15H,1-2H3,(H,14,17). The van der Waals surface area contributed by atoms with Gasteiger partial charge in [-0.3, -0.25) is 4.90 Å². The van der Waals surface area contributed by atoms with Crippen LogP contribution < -0.4 is 15.0 Å². The Morgan fingerprint density at radius 1 is 1.28 bits per heavy atom. The van der Waals surface area contributed by atoms with Crippen LogP contribution in [0, 0.1) is 0 Å². The van der Waals surface area contributed by atoms with E-state index in [9.17, 15) is 4.79 Å². The third-order valence-corrected chi connectivity index (χ3v) is 2.54. The maximum atomic E-state index is 11.4. The average molecular weight is 245 g/mol. The highest BCUT2D eigenvalue weighted by Gasteiger charge is 2.08. The third-order valence-electron chi connectivity index (χ3n) is 2.54. The van der Waals surface area contributed by atoms with E-state index in [0.717, 1.165) is 5.69 Å². The van der Waals surface area contributed by atoms with Crippen LogP contribution in [0.5, 0.6) is 11.6 Å². The Balaban J connectivity index is 2.08. The Morgan fingerprint density at radius 2 is 2.00 bits per heavy atom. The smallest absolute Gasteiger partial charge is 0.321 e. The summed E-state index contributed by atoms with van der Waals surface area (Å²) >= 11 is 0. The summed E-state index contributed by atoms with van der Waals surface area (Å²) in [5, 5.41) is 2.56. The molecule has 0 aliphatic carbocycles. The molecule has 2 N–H and O–H groups in total. The summed E-state index contributed by atoms with van der Waals surface area (Å²) in [6.45, 7) is 0. The van der Waals surface area contributed by atoms with Crippen LogP contribution in [-0.2, 0) is 0 Å². The molecule has 18 heavy (non-hydrogen) atoms. The molecular formula is C13H15N3O2. The van der Waals surface area contributed by atoms with Gasteiger partial charge in [0.2, 0.25) is 0 Å². The summed E-state index contributed by atoms with van der Waals surface area (Å²) < 4.78 is 5.57. The maximum Gasteiger partial charge on any atom is 0.321 e. The number of carbonyl (C=O) groups is 1. The molecule has 0 bridgehead atoms. The molecule has 0 atom stereocenters. The molecule has 5 heteroatoms. The van der Waals surface area contributed by atoms with E-state index in [0.29, 0.717) is 11.6 Å². The molecule has 2 aromatic rings. The second-order valence-corrected chi connectivity index (χ2v) is 3.74. The van der Waals surface area contributed by atoms with Crippen LogP contribution in [0.1, 0.15) is 0 Å². The average Bonchev–Trinajstić information content (AvgIpc) is 2.91. The summed E-state index contributed by atoms with van der Waals surface area (Å²) in [5.74, 6) is 1.40. The number of hydrogen-bond donors (Lipinski definition) is 2. The second kappa shape index (κ2) is 5.27. The number of amides is 2. The second-order valence-electron chi connectivity index (χ2n) is 3.74. The van der Waals surface area contributed by atoms with Crippen LogP contribution in [-0.4, -0.2) is 25.1 Å². The zero-order valence-electron chi connectivity index (χ0n) is 10.3. The first-order chi connectivity index (χ1) is 8.70. The molecule has 1 aromatic carbocycles. The molecular weight excluding hydrogens is 230 g/mol. The molecule has 0 aliphatic rings. The van der Waals surface area contributed by atoms with Crippen molar-refractivity contribution >= 4 is 11.7 Å². The highest BCUT2D eigenvalue weighted by molar-refractivity contribution is 5.91. The Labute approximate surface area is 105 Å². The fourth-order valence-corrected chi connectivity index (χ4v) is 1.53. The first kappa shape index (κ1) is 12.0. The lowest BCUT2D eigenvalue weighted by atomic mass is 10.3. The topological polar surface area (TPSA) is 57.4 Å². The number of benzene rings is 1. The van der Waals surface area contributed by atoms with Gasteiger partial charge in [-0.2, -0.15) is 0 Å². The van der Waals surface area contributed by atoms with E-state index in [-0.39, 0.29) is 6.03 Å². The molecule has 0 unspecified atom stereocenters. The number of aromatic nitrogens is 1. The number of nitrogens with one attached hydrogen (secondary N) is 2. The van der Waals surface area contributed by atoms with Crippen LogP contribution in [0.2, 0.25) is 0 Å². The van der Waals surface area contributed by atoms with E-state index in [1.807, 2.05) is 36.4 Å². The van der Waals surface area contributed by atoms with Crippen molar-refractivity contribution in [3.05, 3.63) is 42.6 Å². The summed E-state index contributed by atoms with van der Waals surface area (Å²) in [7, 11) is 3.31. The molecule has 5 nitrogen and oxygen atoms in total. The molecule has 1 aromatic heterocycles. The number of ether oxygens (including phenoxy) is 1. The summed E-state index contributed by atoms with van der Waals surface area (Å²) in [6.07, 6.45) is 1.79. The molecule has 2 rings (SSSR count). The van der Waals surface area contributed by atoms with Gasteiger partial charge in [-0.05, 0) is 30.3 Å². The van der Waals surface area contributed by atoms with Crippen molar-refractivity contribution in [1.29, 1.82) is 0 Å². The van der Waals surface area contributed by atoms with Gasteiger partial charge in [-0.15, -0.1) is 0 Å². The molecule has 2 amide bonds. The lowest BCUT2D eigenvalue weighted by Crippen LogP contribution is -2.34. The van der Waals surface area contributed by atoms with Gasteiger partial charge in [0, 0.05) is 32.0 Å². The van der Waals surface area contributed by atoms with E-state index in [1.165, 1.54) is 4.90 Å². The van der Waals surface area contributed by atoms with Crippen molar-refractivity contribution in [2.45, 2.75) is 0 Å². The fraction of sp³-hybridized carbons (Fsp3) is 0.154. The minimum absolute atomic E-state index is 0.159. The Bertz CT molecular complexity index is 506. The van der Waals surface area contributed by atoms with Gasteiger partial charge >= 0.3 is 6.03 Å². The van der Waals surface area contributed by atoms with E-state index in [4.69, 9.17) is 4.74 Å². The van der Waals surface area contributed by atoms with Crippen LogP contribution in [0.25, 0.3) is 0 Å². The number of nitrogens with zero attached hydrogens (tertiary/aromatic N) is 1. The zero-order chi connectivity index (χ0) is 13.0. The highest BCUT2D eigenvalue weighted by Crippen LogP contribution is 2.22. The number of H-pyrrole nitrogens is 1. The quantitative estimate of drug-likeness (QED) is 0.873. The van der Waals surface area contributed by atoms with Gasteiger partial charge in [0.25, 0.3) is 0 Å². The van der Waals surface area contributed by atoms with Crippen molar-refractivity contribution in [2.75, 3.05) is 19.0 Å². The van der Waals surface area contributed by atoms with Crippen LogP contribution in [0.4, 0.5) is 10.5 Å². The SMILES string of the molecule is CNC(=O)N(C)c1ccc(Oc2ccc[nH]2)cc1. The number of anilines is 1. The normalized spacial score (nSPS) is 9.89. The molecule has 94 valence electrons. The zero-order valence-corrected chi connectivity index (χ0v) is 10.3. The van der Waals surface area contributed by atoms with Crippen molar-refractivity contribution in [1.82, 2.24) is 10.3 Å². The Morgan fingerprint density at radius 3 is 2.56 bits per heavy atom. The number of urea groups is 1. The highest BCUT2D eigenvalue weighted by atomic mass is 16.5. The molecule has 0 radical (unpaired) electrons. The molecule has 0 saturated heterocycles. The van der Waals surface area contributed by atoms with E-state index < -0.39 is 0 Å². The summed E-state index contributed by atoms with van der Waals surface area (Å²) in [4.78, 5) is 15.9. The van der Waals surface area contributed by atoms with Gasteiger partial charge < -0.3 is 15.0 Å². The predicted octanol–water partition coefficient (Wildman–Crippen LogP) is 2.58. The maximum absolute atomic E-state index is 11.4. The Kier molecular flexibility index (Phi) is 3.52. The number of hydrogen-bond acceptors (Lipinski definition) is 2. The van der Waals surface area contributed by atoms with Crippen LogP contribution in [0.15, 0.2) is 42.6 Å². The predicted molar refractivity (Wildman–Crippen MR) is 70.2 cm³/mol. The Hall–Kier alpha value is -2.43. The van der Waals surface area contributed by atoms with Gasteiger partial charge in [0.1, 0.15) is 5.75 Å². The third kappa shape index (κ3) is 2.63. The van der Waals surface area contributed by atoms with Crippen LogP contribution >= 0.6 is 0 Å². The van der Waals surface area contributed by atoms with E-state index >= 15 is 0 Å². The van der Waals surface area contributed by atoms with Crippen molar-refractivity contribution in [3.8, 4) is 11.6 Å². The van der Waals surface area contributed by atoms with Crippen molar-refractivity contribution < 1.29 is 9.53 Å². The van der Waals surface area contributed by atoms with Crippen molar-refractivity contribution in [2.24, 2.45) is 0 Å². The first-order valence-electron chi connectivity index (χ1n) is 5.57. The largest absolute Gasteiger partial charge is 0.441 e. The van der Waals surface area contributed by atoms with E-state index in [1.54, 1.807) is 20.3 Å². The van der Waals surface area contributed by atoms with Gasteiger partial charge in [0.15, 0.2) is 5.88 Å². The monoisotopic (exact) mass is 245 g/mol. The fourth-order valence-electron chi connectivity index (χ4n) is 1.53. The summed E-state index contributed by atoms with van der Waals surface area (Å²) in [6, 6.07) is 10.8. The molecule has 0 saturated carbocycles. The minimum Gasteiger partial charge on any atom is -0.441 e. The van der Waals surface area contributed by atoms with E-state index in [2.05, 4.69) is 10.3 Å². The lowest BCUT2D eigenvalue weighted by Gasteiger charge is -2.16. The van der Waals surface area contributed by atoms with Gasteiger partial charge in [-0.1, -0.05) is 0 Å². The summed E-state index contributed by atoms with van der Waals surface area (Å²) in [5.41, 5.74) is 0.799. The molecule has 1 heterocycles. The minimum atomic E-state index is -0.159. The number of aromatic amines is 1. The van der Waals surface area contributed by atoms with Gasteiger partial charge in [-0.25, -0.2) is 4.79 Å². The number of rotatable bonds is 3. The van der Waals surface area contributed by atoms with Crippen LogP contribution in [0.3, 0.4) is 0 Å². The van der Waals surface area contributed by atoms with Crippen molar-refractivity contribution in [3.63, 3.8) is 0 Å². The first-order valence-corrected chi connectivity index (χ1v) is 5.57. The lowest BCUT2D eigenvalue weighted by molar-refractivity contribution is 0.249. The molecule has 0 fully saturated rings. The molecule has 0 aliphatic heterocycles. The molecule has 0 spiro atoms. The number of carbonyl (C=O) groups excluding carboxylic acids is 1. The van der Waals surface area contributed by atoms with Gasteiger partial charge in [0.05, 0.1) is 0 Å².